The van der Waals surface area contributed by atoms with Crippen LogP contribution in [-0.2, 0) is 17.6 Å². The molecular formula is C16H19NO. The van der Waals surface area contributed by atoms with Crippen LogP contribution in [0.15, 0.2) is 36.4 Å². The molecule has 0 aliphatic heterocycles. The monoisotopic (exact) mass is 241 g/mol. The maximum atomic E-state index is 10.8. The first kappa shape index (κ1) is 12.6. The highest BCUT2D eigenvalue weighted by Crippen LogP contribution is 2.19. The van der Waals surface area contributed by atoms with E-state index in [1.54, 1.807) is 0 Å². The first-order chi connectivity index (χ1) is 8.69. The average molecular weight is 241 g/mol. The summed E-state index contributed by atoms with van der Waals surface area (Å²) in [6.07, 6.45) is 3.43. The highest BCUT2D eigenvalue weighted by atomic mass is 16.1. The lowest BCUT2D eigenvalue weighted by Crippen LogP contribution is -2.11. The van der Waals surface area contributed by atoms with Crippen molar-refractivity contribution in [2.75, 3.05) is 0 Å². The molecule has 2 nitrogen and oxygen atoms in total. The van der Waals surface area contributed by atoms with E-state index in [1.807, 2.05) is 0 Å². The zero-order valence-corrected chi connectivity index (χ0v) is 10.8. The van der Waals surface area contributed by atoms with Crippen LogP contribution in [0.4, 0.5) is 0 Å². The van der Waals surface area contributed by atoms with Crippen LogP contribution in [0, 0.1) is 0 Å². The van der Waals surface area contributed by atoms with Crippen molar-refractivity contribution in [2.45, 2.75) is 32.6 Å². The number of primary amides is 1. The van der Waals surface area contributed by atoms with Crippen molar-refractivity contribution in [1.29, 1.82) is 0 Å². The van der Waals surface area contributed by atoms with Crippen molar-refractivity contribution >= 4 is 16.7 Å². The molecule has 2 heteroatoms. The molecule has 0 aromatic heterocycles. The Labute approximate surface area is 108 Å². The summed E-state index contributed by atoms with van der Waals surface area (Å²) in [7, 11) is 0. The third-order valence-electron chi connectivity index (χ3n) is 3.17. The molecule has 2 N–H and O–H groups in total. The molecule has 0 unspecified atom stereocenters. The van der Waals surface area contributed by atoms with Gasteiger partial charge in [-0.05, 0) is 34.7 Å². The third-order valence-corrected chi connectivity index (χ3v) is 3.17. The van der Waals surface area contributed by atoms with E-state index in [-0.39, 0.29) is 5.91 Å². The van der Waals surface area contributed by atoms with Crippen LogP contribution in [0.1, 0.15) is 30.9 Å². The second kappa shape index (κ2) is 5.67. The summed E-state index contributed by atoms with van der Waals surface area (Å²) in [5.41, 5.74) is 7.72. The normalized spacial score (nSPS) is 10.7. The van der Waals surface area contributed by atoms with E-state index in [0.29, 0.717) is 6.42 Å². The van der Waals surface area contributed by atoms with Crippen molar-refractivity contribution < 1.29 is 4.79 Å². The summed E-state index contributed by atoms with van der Waals surface area (Å²) in [6, 6.07) is 13.0. The van der Waals surface area contributed by atoms with Gasteiger partial charge in [-0.2, -0.15) is 0 Å². The molecule has 0 heterocycles. The van der Waals surface area contributed by atoms with Gasteiger partial charge in [-0.3, -0.25) is 4.79 Å². The second-order valence-electron chi connectivity index (χ2n) is 4.73. The fourth-order valence-electron chi connectivity index (χ4n) is 2.21. The van der Waals surface area contributed by atoms with E-state index in [1.165, 1.54) is 28.3 Å². The van der Waals surface area contributed by atoms with Crippen molar-refractivity contribution in [3.05, 3.63) is 47.5 Å². The maximum Gasteiger partial charge on any atom is 0.217 e. The van der Waals surface area contributed by atoms with E-state index in [0.717, 1.165) is 12.8 Å². The molecule has 0 saturated carbocycles. The standard InChI is InChI=1S/C16H19NO/c1-2-3-12-4-7-15-11-13(6-9-16(17)18)5-8-14(15)10-12/h4-5,7-8,10-11H,2-3,6,9H2,1H3,(H2,17,18). The Kier molecular flexibility index (Phi) is 3.98. The van der Waals surface area contributed by atoms with Crippen LogP contribution in [-0.4, -0.2) is 5.91 Å². The van der Waals surface area contributed by atoms with Crippen LogP contribution >= 0.6 is 0 Å². The lowest BCUT2D eigenvalue weighted by atomic mass is 10.0. The number of rotatable bonds is 5. The van der Waals surface area contributed by atoms with E-state index >= 15 is 0 Å². The van der Waals surface area contributed by atoms with Gasteiger partial charge in [0, 0.05) is 6.42 Å². The summed E-state index contributed by atoms with van der Waals surface area (Å²) >= 11 is 0. The van der Waals surface area contributed by atoms with Crippen molar-refractivity contribution in [1.82, 2.24) is 0 Å². The number of hydrogen-bond donors (Lipinski definition) is 1. The van der Waals surface area contributed by atoms with Crippen LogP contribution in [0.2, 0.25) is 0 Å². The highest BCUT2D eigenvalue weighted by molar-refractivity contribution is 5.84. The lowest BCUT2D eigenvalue weighted by Gasteiger charge is -2.05. The SMILES string of the molecule is CCCc1ccc2cc(CCC(N)=O)ccc2c1. The molecule has 0 radical (unpaired) electrons. The van der Waals surface area contributed by atoms with Gasteiger partial charge in [0.2, 0.25) is 5.91 Å². The van der Waals surface area contributed by atoms with Gasteiger partial charge < -0.3 is 5.73 Å². The molecule has 0 aliphatic carbocycles. The minimum Gasteiger partial charge on any atom is -0.370 e. The zero-order valence-electron chi connectivity index (χ0n) is 10.8. The van der Waals surface area contributed by atoms with E-state index < -0.39 is 0 Å². The van der Waals surface area contributed by atoms with Crippen molar-refractivity contribution in [2.24, 2.45) is 5.73 Å². The van der Waals surface area contributed by atoms with Gasteiger partial charge in [-0.25, -0.2) is 0 Å². The zero-order chi connectivity index (χ0) is 13.0. The van der Waals surface area contributed by atoms with Crippen molar-refractivity contribution in [3.63, 3.8) is 0 Å². The van der Waals surface area contributed by atoms with Crippen LogP contribution in [0.5, 0.6) is 0 Å². The summed E-state index contributed by atoms with van der Waals surface area (Å²) < 4.78 is 0. The van der Waals surface area contributed by atoms with Crippen LogP contribution in [0.25, 0.3) is 10.8 Å². The number of hydrogen-bond acceptors (Lipinski definition) is 1. The average Bonchev–Trinajstić information content (AvgIpc) is 2.36. The number of carbonyl (C=O) groups is 1. The molecule has 0 spiro atoms. The summed E-state index contributed by atoms with van der Waals surface area (Å²) in [4.78, 5) is 10.8. The minimum atomic E-state index is -0.242. The Morgan fingerprint density at radius 2 is 1.56 bits per heavy atom. The Bertz CT molecular complexity index is 560. The summed E-state index contributed by atoms with van der Waals surface area (Å²) in [5.74, 6) is -0.242. The highest BCUT2D eigenvalue weighted by Gasteiger charge is 2.00. The predicted molar refractivity (Wildman–Crippen MR) is 75.5 cm³/mol. The van der Waals surface area contributed by atoms with Gasteiger partial charge in [-0.1, -0.05) is 49.7 Å². The molecule has 0 fully saturated rings. The molecule has 0 bridgehead atoms. The molecule has 2 rings (SSSR count). The topological polar surface area (TPSA) is 43.1 Å². The molecule has 94 valence electrons. The minimum absolute atomic E-state index is 0.242. The molecule has 0 aliphatic rings. The number of fused-ring (bicyclic) bond motifs is 1. The molecule has 1 amide bonds. The maximum absolute atomic E-state index is 10.8. The second-order valence-corrected chi connectivity index (χ2v) is 4.73. The lowest BCUT2D eigenvalue weighted by molar-refractivity contribution is -0.117. The molecule has 18 heavy (non-hydrogen) atoms. The fraction of sp³-hybridized carbons (Fsp3) is 0.312. The Morgan fingerprint density at radius 3 is 2.06 bits per heavy atom. The third kappa shape index (κ3) is 3.10. The van der Waals surface area contributed by atoms with Crippen LogP contribution in [0.3, 0.4) is 0 Å². The van der Waals surface area contributed by atoms with E-state index in [4.69, 9.17) is 5.73 Å². The number of amides is 1. The van der Waals surface area contributed by atoms with Gasteiger partial charge in [0.1, 0.15) is 0 Å². The smallest absolute Gasteiger partial charge is 0.217 e. The molecule has 2 aromatic carbocycles. The molecule has 0 atom stereocenters. The largest absolute Gasteiger partial charge is 0.370 e. The van der Waals surface area contributed by atoms with Gasteiger partial charge in [-0.15, -0.1) is 0 Å². The molecule has 2 aromatic rings. The number of aryl methyl sites for hydroxylation is 2. The van der Waals surface area contributed by atoms with Gasteiger partial charge in [0.15, 0.2) is 0 Å². The van der Waals surface area contributed by atoms with Crippen molar-refractivity contribution in [3.8, 4) is 0 Å². The molecular weight excluding hydrogens is 222 g/mol. The number of benzene rings is 2. The van der Waals surface area contributed by atoms with Gasteiger partial charge >= 0.3 is 0 Å². The van der Waals surface area contributed by atoms with E-state index in [2.05, 4.69) is 43.3 Å². The van der Waals surface area contributed by atoms with E-state index in [9.17, 15) is 4.79 Å². The van der Waals surface area contributed by atoms with Crippen LogP contribution < -0.4 is 5.73 Å². The predicted octanol–water partition coefficient (Wildman–Crippen LogP) is 3.21. The first-order valence-corrected chi connectivity index (χ1v) is 6.49. The van der Waals surface area contributed by atoms with Gasteiger partial charge in [0.05, 0.1) is 0 Å². The number of nitrogens with two attached hydrogens (primary N) is 1. The Morgan fingerprint density at radius 1 is 1.00 bits per heavy atom. The Hall–Kier alpha value is -1.83. The quantitative estimate of drug-likeness (QED) is 0.858. The molecule has 0 saturated heterocycles. The first-order valence-electron chi connectivity index (χ1n) is 6.49. The summed E-state index contributed by atoms with van der Waals surface area (Å²) in [6.45, 7) is 2.19. The number of carbonyl (C=O) groups excluding carboxylic acids is 1. The Balaban J connectivity index is 2.23. The fourth-order valence-corrected chi connectivity index (χ4v) is 2.21. The summed E-state index contributed by atoms with van der Waals surface area (Å²) in [5, 5.41) is 2.50. The van der Waals surface area contributed by atoms with Gasteiger partial charge in [0.25, 0.3) is 0 Å².